The summed E-state index contributed by atoms with van der Waals surface area (Å²) in [7, 11) is 0. The number of carbonyl (C=O) groups excluding carboxylic acids is 3. The average molecular weight is 488 g/mol. The van der Waals surface area contributed by atoms with Crippen LogP contribution in [0.5, 0.6) is 0 Å². The van der Waals surface area contributed by atoms with Gasteiger partial charge in [0.1, 0.15) is 6.04 Å². The van der Waals surface area contributed by atoms with E-state index in [1.165, 1.54) is 82.1 Å². The van der Waals surface area contributed by atoms with Gasteiger partial charge in [-0.15, -0.1) is 0 Å². The van der Waals surface area contributed by atoms with Crippen molar-refractivity contribution in [2.24, 2.45) is 0 Å². The lowest BCUT2D eigenvalue weighted by Gasteiger charge is -2.35. The van der Waals surface area contributed by atoms with E-state index in [1.807, 2.05) is 0 Å². The quantitative estimate of drug-likeness (QED) is 0.286. The van der Waals surface area contributed by atoms with Crippen molar-refractivity contribution in [2.45, 2.75) is 90.0 Å². The lowest BCUT2D eigenvalue weighted by atomic mass is 10.0. The van der Waals surface area contributed by atoms with E-state index in [9.17, 15) is 19.2 Å². The number of hydrogen-bond acceptors (Lipinski definition) is 4. The molecule has 0 bridgehead atoms. The zero-order valence-electron chi connectivity index (χ0n) is 21.0. The molecule has 8 heteroatoms. The number of carboxylic acids is 1. The fraction of sp³-hybridized carbons (Fsp3) is 0.630. The number of unbranched alkanes of at least 4 members (excludes halogenated alkanes) is 11. The van der Waals surface area contributed by atoms with E-state index in [2.05, 4.69) is 17.6 Å². The molecule has 1 fully saturated rings. The van der Waals surface area contributed by atoms with Gasteiger partial charge in [-0.3, -0.25) is 14.4 Å². The van der Waals surface area contributed by atoms with Crippen LogP contribution in [-0.2, 0) is 9.59 Å². The molecule has 0 radical (unpaired) electrons. The van der Waals surface area contributed by atoms with Gasteiger partial charge >= 0.3 is 5.97 Å². The molecule has 8 nitrogen and oxygen atoms in total. The second-order valence-corrected chi connectivity index (χ2v) is 9.30. The number of piperazine rings is 1. The average Bonchev–Trinajstić information content (AvgIpc) is 2.85. The van der Waals surface area contributed by atoms with E-state index in [0.29, 0.717) is 12.1 Å². The van der Waals surface area contributed by atoms with E-state index in [1.54, 1.807) is 4.90 Å². The lowest BCUT2D eigenvalue weighted by molar-refractivity contribution is -0.145. The van der Waals surface area contributed by atoms with Crippen molar-refractivity contribution in [1.29, 1.82) is 0 Å². The summed E-state index contributed by atoms with van der Waals surface area (Å²) in [5.74, 6) is -1.90. The Hall–Kier alpha value is -2.90. The number of carbonyl (C=O) groups is 4. The molecule has 194 valence electrons. The van der Waals surface area contributed by atoms with E-state index < -0.39 is 17.9 Å². The van der Waals surface area contributed by atoms with Crippen molar-refractivity contribution in [2.75, 3.05) is 19.6 Å². The Morgan fingerprint density at radius 2 is 1.40 bits per heavy atom. The first-order valence-electron chi connectivity index (χ1n) is 13.1. The van der Waals surface area contributed by atoms with Crippen LogP contribution in [0.15, 0.2) is 24.3 Å². The van der Waals surface area contributed by atoms with Gasteiger partial charge in [0.25, 0.3) is 5.91 Å². The van der Waals surface area contributed by atoms with Crippen molar-refractivity contribution in [3.8, 4) is 0 Å². The van der Waals surface area contributed by atoms with Crippen molar-refractivity contribution in [3.05, 3.63) is 35.4 Å². The molecule has 1 saturated heterocycles. The molecule has 1 aromatic carbocycles. The molecule has 2 rings (SSSR count). The van der Waals surface area contributed by atoms with E-state index in [4.69, 9.17) is 5.11 Å². The van der Waals surface area contributed by atoms with Crippen LogP contribution in [0, 0.1) is 0 Å². The highest BCUT2D eigenvalue weighted by Crippen LogP contribution is 2.14. The molecule has 0 saturated carbocycles. The molecule has 1 aliphatic rings. The minimum Gasteiger partial charge on any atom is -0.478 e. The van der Waals surface area contributed by atoms with Crippen LogP contribution in [0.4, 0.5) is 0 Å². The maximum absolute atomic E-state index is 12.4. The summed E-state index contributed by atoms with van der Waals surface area (Å²) >= 11 is 0. The van der Waals surface area contributed by atoms with Gasteiger partial charge in [0, 0.05) is 18.7 Å². The van der Waals surface area contributed by atoms with E-state index in [-0.39, 0.29) is 30.5 Å². The zero-order chi connectivity index (χ0) is 25.5. The summed E-state index contributed by atoms with van der Waals surface area (Å²) in [6.07, 6.45) is 14.7. The summed E-state index contributed by atoms with van der Waals surface area (Å²) in [5, 5.41) is 14.3. The molecule has 1 aliphatic heterocycles. The van der Waals surface area contributed by atoms with Crippen LogP contribution >= 0.6 is 0 Å². The highest BCUT2D eigenvalue weighted by Gasteiger charge is 2.34. The Morgan fingerprint density at radius 3 is 1.94 bits per heavy atom. The van der Waals surface area contributed by atoms with Gasteiger partial charge in [-0.2, -0.15) is 0 Å². The fourth-order valence-corrected chi connectivity index (χ4v) is 4.36. The first-order valence-corrected chi connectivity index (χ1v) is 13.1. The molecule has 35 heavy (non-hydrogen) atoms. The zero-order valence-corrected chi connectivity index (χ0v) is 21.0. The van der Waals surface area contributed by atoms with Gasteiger partial charge in [0.15, 0.2) is 0 Å². The summed E-state index contributed by atoms with van der Waals surface area (Å²) in [5.41, 5.74) is 0.387. The highest BCUT2D eigenvalue weighted by molar-refractivity contribution is 5.98. The Labute approximate surface area is 208 Å². The predicted molar refractivity (Wildman–Crippen MR) is 135 cm³/mol. The topological polar surface area (TPSA) is 116 Å². The molecular weight excluding hydrogens is 446 g/mol. The minimum atomic E-state index is -1.07. The van der Waals surface area contributed by atoms with Gasteiger partial charge in [-0.05, 0) is 30.7 Å². The molecule has 1 aromatic rings. The van der Waals surface area contributed by atoms with Crippen LogP contribution in [-0.4, -0.2) is 59.4 Å². The smallest absolute Gasteiger partial charge is 0.335 e. The molecule has 0 aromatic heterocycles. The standard InChI is InChI=1S/C27H41N3O5/c1-2-3-4-5-6-7-8-9-10-11-12-13-18-30-23(26(33)29-20-24(30)31)19-28-25(32)21-14-16-22(17-15-21)27(34)35/h14-17,23H,2-13,18-20H2,1H3,(H,28,32)(H,29,33)(H,34,35)/t23-/m0/s1. The molecular formula is C27H41N3O5. The Morgan fingerprint density at radius 1 is 0.886 bits per heavy atom. The first-order chi connectivity index (χ1) is 16.9. The number of nitrogens with zero attached hydrogens (tertiary/aromatic N) is 1. The summed E-state index contributed by atoms with van der Waals surface area (Å²) in [6, 6.07) is 4.82. The number of amides is 3. The van der Waals surface area contributed by atoms with Gasteiger partial charge < -0.3 is 20.6 Å². The summed E-state index contributed by atoms with van der Waals surface area (Å²) in [6.45, 7) is 2.73. The summed E-state index contributed by atoms with van der Waals surface area (Å²) < 4.78 is 0. The highest BCUT2D eigenvalue weighted by atomic mass is 16.4. The van der Waals surface area contributed by atoms with Gasteiger partial charge in [0.2, 0.25) is 11.8 Å². The van der Waals surface area contributed by atoms with Crippen LogP contribution in [0.3, 0.4) is 0 Å². The van der Waals surface area contributed by atoms with Crippen molar-refractivity contribution in [1.82, 2.24) is 15.5 Å². The SMILES string of the molecule is CCCCCCCCCCCCCCN1C(=O)CNC(=O)[C@@H]1CNC(=O)c1ccc(C(=O)O)cc1. The van der Waals surface area contributed by atoms with Crippen molar-refractivity contribution in [3.63, 3.8) is 0 Å². The molecule has 0 aliphatic carbocycles. The largest absolute Gasteiger partial charge is 0.478 e. The number of aromatic carboxylic acids is 1. The van der Waals surface area contributed by atoms with Crippen molar-refractivity contribution >= 4 is 23.7 Å². The minimum absolute atomic E-state index is 0.00927. The Kier molecular flexibility index (Phi) is 12.9. The third-order valence-corrected chi connectivity index (χ3v) is 6.52. The molecule has 0 spiro atoms. The van der Waals surface area contributed by atoms with Crippen LogP contribution in [0.2, 0.25) is 0 Å². The fourth-order valence-electron chi connectivity index (χ4n) is 4.36. The lowest BCUT2D eigenvalue weighted by Crippen LogP contribution is -2.61. The monoisotopic (exact) mass is 487 g/mol. The normalized spacial score (nSPS) is 15.7. The molecule has 1 heterocycles. The molecule has 3 amide bonds. The van der Waals surface area contributed by atoms with Crippen LogP contribution in [0.1, 0.15) is 105 Å². The summed E-state index contributed by atoms with van der Waals surface area (Å²) in [4.78, 5) is 49.8. The van der Waals surface area contributed by atoms with Gasteiger partial charge in [-0.25, -0.2) is 4.79 Å². The number of nitrogens with one attached hydrogen (secondary N) is 2. The molecule has 3 N–H and O–H groups in total. The Bertz CT molecular complexity index is 825. The maximum atomic E-state index is 12.4. The number of carboxylic acid groups (broad SMARTS) is 1. The predicted octanol–water partition coefficient (Wildman–Crippen LogP) is 4.14. The first kappa shape index (κ1) is 28.3. The van der Waals surface area contributed by atoms with Crippen LogP contribution in [0.25, 0.3) is 0 Å². The third kappa shape index (κ3) is 10.1. The van der Waals surface area contributed by atoms with Crippen LogP contribution < -0.4 is 10.6 Å². The molecule has 0 unspecified atom stereocenters. The number of rotatable bonds is 17. The number of hydrogen-bond donors (Lipinski definition) is 3. The number of benzene rings is 1. The maximum Gasteiger partial charge on any atom is 0.335 e. The van der Waals surface area contributed by atoms with Gasteiger partial charge in [-0.1, -0.05) is 77.6 Å². The Balaban J connectivity index is 1.69. The second kappa shape index (κ2) is 15.9. The second-order valence-electron chi connectivity index (χ2n) is 9.30. The van der Waals surface area contributed by atoms with E-state index >= 15 is 0 Å². The van der Waals surface area contributed by atoms with Crippen molar-refractivity contribution < 1.29 is 24.3 Å². The van der Waals surface area contributed by atoms with Gasteiger partial charge in [0.05, 0.1) is 12.1 Å². The molecule has 1 atom stereocenters. The van der Waals surface area contributed by atoms with E-state index in [0.717, 1.165) is 19.3 Å². The third-order valence-electron chi connectivity index (χ3n) is 6.52.